The van der Waals surface area contributed by atoms with E-state index >= 15 is 0 Å². The maximum absolute atomic E-state index is 13.2. The number of carboxylic acid groups (broad SMARTS) is 1. The number of carbonyl (C=O) groups excluding carboxylic acids is 3. The van der Waals surface area contributed by atoms with Crippen LogP contribution in [0.3, 0.4) is 0 Å². The molecule has 1 aliphatic heterocycles. The van der Waals surface area contributed by atoms with Gasteiger partial charge in [0.25, 0.3) is 0 Å². The fourth-order valence-corrected chi connectivity index (χ4v) is 8.85. The lowest BCUT2D eigenvalue weighted by molar-refractivity contribution is -0.301. The molecule has 1 fully saturated rings. The summed E-state index contributed by atoms with van der Waals surface area (Å²) in [5.41, 5.74) is 0. The van der Waals surface area contributed by atoms with Crippen molar-refractivity contribution in [2.45, 2.75) is 276 Å². The van der Waals surface area contributed by atoms with Crippen molar-refractivity contribution in [3.63, 3.8) is 0 Å². The predicted octanol–water partition coefficient (Wildman–Crippen LogP) is 17.3. The lowest BCUT2D eigenvalue weighted by Gasteiger charge is -2.40. The van der Waals surface area contributed by atoms with E-state index in [0.717, 1.165) is 116 Å². The number of ether oxygens (including phenoxy) is 5. The number of aliphatic hydroxyl groups excluding tert-OH is 2. The van der Waals surface area contributed by atoms with Crippen LogP contribution >= 0.6 is 0 Å². The molecule has 12 heteroatoms. The predicted molar refractivity (Wildman–Crippen MR) is 340 cm³/mol. The summed E-state index contributed by atoms with van der Waals surface area (Å²) in [5, 5.41) is 31.6. The Bertz CT molecular complexity index is 1950. The fourth-order valence-electron chi connectivity index (χ4n) is 8.85. The van der Waals surface area contributed by atoms with Gasteiger partial charge in [0.1, 0.15) is 18.8 Å². The van der Waals surface area contributed by atoms with Crippen LogP contribution in [0.25, 0.3) is 0 Å². The zero-order chi connectivity index (χ0) is 60.3. The van der Waals surface area contributed by atoms with Crippen LogP contribution in [0.15, 0.2) is 134 Å². The van der Waals surface area contributed by atoms with Gasteiger partial charge in [-0.15, -0.1) is 0 Å². The van der Waals surface area contributed by atoms with Crippen molar-refractivity contribution in [2.24, 2.45) is 0 Å². The molecule has 0 aromatic rings. The van der Waals surface area contributed by atoms with E-state index in [1.54, 1.807) is 0 Å². The molecule has 0 bridgehead atoms. The Labute approximate surface area is 502 Å². The number of aliphatic carboxylic acids is 1. The Balaban J connectivity index is 2.74. The summed E-state index contributed by atoms with van der Waals surface area (Å²) in [7, 11) is 0. The second-order valence-corrected chi connectivity index (χ2v) is 21.3. The highest BCUT2D eigenvalue weighted by molar-refractivity contribution is 5.74. The standard InChI is InChI=1S/C71H112O12/c1-4-7-10-13-16-19-22-25-28-31-32-35-38-41-44-47-50-53-56-59-65(74)82-69-67(76)66(75)68(70(77)78)83-71(69)80-61-62(81-64(73)58-55-52-49-46-43-40-37-34-30-27-24-21-18-15-12-9-6-3)60-79-63(72)57-54-51-48-45-42-39-36-33-29-26-23-20-17-14-11-8-5-2/h7-8,10-11,16-17,19-20,25-30,32,35-36,39,41,44,50,53,62,66-69,71,75-76H,4-6,9,12-15,18,21-24,31,33-34,37-38,40,42-43,45-49,51-52,54-61H2,1-3H3,(H,77,78)/b10-7-,11-8-,19-16-,20-17-,28-25-,29-26-,30-27-,35-32-,39-36-,44-41-,53-50-. The van der Waals surface area contributed by atoms with E-state index in [9.17, 15) is 34.5 Å². The number of carboxylic acids is 1. The molecule has 0 radical (unpaired) electrons. The Morgan fingerprint density at radius 2 is 0.783 bits per heavy atom. The summed E-state index contributed by atoms with van der Waals surface area (Å²) in [4.78, 5) is 51.3. The van der Waals surface area contributed by atoms with Crippen LogP contribution in [0.4, 0.5) is 0 Å². The van der Waals surface area contributed by atoms with E-state index < -0.39 is 67.3 Å². The van der Waals surface area contributed by atoms with Crippen LogP contribution in [-0.2, 0) is 42.9 Å². The minimum atomic E-state index is -1.94. The number of carbonyl (C=O) groups is 4. The molecule has 0 saturated carbocycles. The average Bonchev–Trinajstić information content (AvgIpc) is 3.55. The highest BCUT2D eigenvalue weighted by Gasteiger charge is 2.50. The number of allylic oxidation sites excluding steroid dienone is 22. The summed E-state index contributed by atoms with van der Waals surface area (Å²) >= 11 is 0. The molecule has 0 aromatic heterocycles. The number of unbranched alkanes of at least 4 members (excludes halogenated alkanes) is 17. The van der Waals surface area contributed by atoms with Gasteiger partial charge in [-0.05, 0) is 122 Å². The van der Waals surface area contributed by atoms with E-state index in [-0.39, 0.29) is 25.9 Å². The Hall–Kier alpha value is -5.14. The zero-order valence-corrected chi connectivity index (χ0v) is 51.6. The van der Waals surface area contributed by atoms with Crippen LogP contribution < -0.4 is 0 Å². The van der Waals surface area contributed by atoms with Crippen molar-refractivity contribution in [1.82, 2.24) is 0 Å². The minimum absolute atomic E-state index is 0.0744. The van der Waals surface area contributed by atoms with Gasteiger partial charge >= 0.3 is 23.9 Å². The van der Waals surface area contributed by atoms with Gasteiger partial charge in [-0.3, -0.25) is 14.4 Å². The fraction of sp³-hybridized carbons (Fsp3) is 0.634. The van der Waals surface area contributed by atoms with E-state index in [1.807, 2.05) is 18.2 Å². The molecular formula is C71H112O12. The van der Waals surface area contributed by atoms with Gasteiger partial charge in [0.15, 0.2) is 24.6 Å². The summed E-state index contributed by atoms with van der Waals surface area (Å²) < 4.78 is 28.4. The van der Waals surface area contributed by atoms with Crippen molar-refractivity contribution in [3.05, 3.63) is 134 Å². The smallest absolute Gasteiger partial charge is 0.335 e. The zero-order valence-electron chi connectivity index (χ0n) is 51.6. The molecule has 6 atom stereocenters. The highest BCUT2D eigenvalue weighted by Crippen LogP contribution is 2.26. The maximum atomic E-state index is 13.2. The molecular weight excluding hydrogens is 1040 g/mol. The Kier molecular flexibility index (Phi) is 52.4. The summed E-state index contributed by atoms with van der Waals surface area (Å²) in [6.45, 7) is 5.71. The summed E-state index contributed by atoms with van der Waals surface area (Å²) in [5.74, 6) is -3.28. The first kappa shape index (κ1) is 75.9. The van der Waals surface area contributed by atoms with Gasteiger partial charge in [-0.25, -0.2) is 4.79 Å². The molecule has 3 N–H and O–H groups in total. The number of hydrogen-bond acceptors (Lipinski definition) is 11. The normalized spacial score (nSPS) is 18.5. The van der Waals surface area contributed by atoms with Crippen LogP contribution in [0.5, 0.6) is 0 Å². The van der Waals surface area contributed by atoms with Crippen molar-refractivity contribution in [1.29, 1.82) is 0 Å². The Morgan fingerprint density at radius 3 is 1.22 bits per heavy atom. The van der Waals surface area contributed by atoms with Crippen molar-refractivity contribution >= 4 is 23.9 Å². The monoisotopic (exact) mass is 1160 g/mol. The van der Waals surface area contributed by atoms with E-state index in [2.05, 4.69) is 136 Å². The number of rotatable bonds is 53. The average molecular weight is 1160 g/mol. The van der Waals surface area contributed by atoms with Crippen molar-refractivity contribution in [3.8, 4) is 0 Å². The third-order valence-corrected chi connectivity index (χ3v) is 13.7. The van der Waals surface area contributed by atoms with Gasteiger partial charge in [0, 0.05) is 19.3 Å². The molecule has 0 aromatic carbocycles. The first-order valence-electron chi connectivity index (χ1n) is 32.2. The van der Waals surface area contributed by atoms with Crippen molar-refractivity contribution < 1.29 is 58.2 Å². The van der Waals surface area contributed by atoms with E-state index in [4.69, 9.17) is 23.7 Å². The molecule has 1 heterocycles. The summed E-state index contributed by atoms with van der Waals surface area (Å²) in [6.07, 6.45) is 68.5. The van der Waals surface area contributed by atoms with Crippen LogP contribution in [-0.4, -0.2) is 89.2 Å². The van der Waals surface area contributed by atoms with E-state index in [0.29, 0.717) is 25.7 Å². The third-order valence-electron chi connectivity index (χ3n) is 13.7. The van der Waals surface area contributed by atoms with Crippen LogP contribution in [0, 0.1) is 0 Å². The van der Waals surface area contributed by atoms with Gasteiger partial charge < -0.3 is 39.0 Å². The van der Waals surface area contributed by atoms with Crippen molar-refractivity contribution in [2.75, 3.05) is 13.2 Å². The third kappa shape index (κ3) is 46.9. The van der Waals surface area contributed by atoms with Gasteiger partial charge in [-0.2, -0.15) is 0 Å². The van der Waals surface area contributed by atoms with Gasteiger partial charge in [-0.1, -0.05) is 231 Å². The molecule has 1 saturated heterocycles. The van der Waals surface area contributed by atoms with Gasteiger partial charge in [0.05, 0.1) is 6.61 Å². The Morgan fingerprint density at radius 1 is 0.410 bits per heavy atom. The maximum Gasteiger partial charge on any atom is 0.335 e. The topological polar surface area (TPSA) is 175 Å². The number of esters is 3. The SMILES string of the molecule is CC/C=C\C/C=C\C/C=C\C/C=C\C/C=C\C/C=C\CCC(=O)OC1C(OCC(COC(=O)CCCCCC/C=C\C/C=C\C/C=C\C/C=C\CC)OC(=O)CCCCCCCCC/C=C\CCCCCCCC)OC(C(=O)O)C(O)C1O. The van der Waals surface area contributed by atoms with Crippen LogP contribution in [0.1, 0.15) is 239 Å². The molecule has 468 valence electrons. The molecule has 83 heavy (non-hydrogen) atoms. The second-order valence-electron chi connectivity index (χ2n) is 21.3. The quantitative estimate of drug-likeness (QED) is 0.0228. The number of aliphatic hydroxyl groups is 2. The molecule has 0 aliphatic carbocycles. The van der Waals surface area contributed by atoms with Gasteiger partial charge in [0.2, 0.25) is 0 Å². The highest BCUT2D eigenvalue weighted by atomic mass is 16.7. The first-order chi connectivity index (χ1) is 40.6. The minimum Gasteiger partial charge on any atom is -0.479 e. The molecule has 0 spiro atoms. The molecule has 6 unspecified atom stereocenters. The molecule has 0 amide bonds. The second kappa shape index (κ2) is 57.3. The van der Waals surface area contributed by atoms with Crippen LogP contribution in [0.2, 0.25) is 0 Å². The molecule has 12 nitrogen and oxygen atoms in total. The van der Waals surface area contributed by atoms with E-state index in [1.165, 1.54) is 57.8 Å². The molecule has 1 aliphatic rings. The molecule has 1 rings (SSSR count). The summed E-state index contributed by atoms with van der Waals surface area (Å²) in [6, 6.07) is 0. The lowest BCUT2D eigenvalue weighted by atomic mass is 9.98. The number of hydrogen-bond donors (Lipinski definition) is 3. The largest absolute Gasteiger partial charge is 0.479 e. The lowest BCUT2D eigenvalue weighted by Crippen LogP contribution is -2.61. The first-order valence-corrected chi connectivity index (χ1v) is 32.2.